The highest BCUT2D eigenvalue weighted by Crippen LogP contribution is 2.32. The van der Waals surface area contributed by atoms with Gasteiger partial charge in [-0.3, -0.25) is 23.9 Å². The summed E-state index contributed by atoms with van der Waals surface area (Å²) in [4.78, 5) is 66.9. The van der Waals surface area contributed by atoms with Crippen molar-refractivity contribution in [3.63, 3.8) is 0 Å². The number of carbonyl (C=O) groups excluding carboxylic acids is 4. The number of nitrogens with one attached hydrogen (secondary N) is 4. The predicted molar refractivity (Wildman–Crippen MR) is 280 cm³/mol. The molecule has 18 heteroatoms. The average Bonchev–Trinajstić information content (AvgIpc) is 4.04. The van der Waals surface area contributed by atoms with Crippen molar-refractivity contribution in [2.45, 2.75) is 77.5 Å². The molecule has 0 spiro atoms. The Morgan fingerprint density at radius 3 is 2.57 bits per heavy atom. The van der Waals surface area contributed by atoms with Gasteiger partial charge in [-0.1, -0.05) is 50.8 Å². The molecular weight excluding hydrogens is 916 g/mol. The van der Waals surface area contributed by atoms with E-state index in [1.165, 1.54) is 24.4 Å². The fourth-order valence-electron chi connectivity index (χ4n) is 8.97. The normalized spacial score (nSPS) is 16.1. The van der Waals surface area contributed by atoms with Gasteiger partial charge in [0.05, 0.1) is 12.2 Å². The van der Waals surface area contributed by atoms with Crippen molar-refractivity contribution in [2.24, 2.45) is 5.73 Å². The van der Waals surface area contributed by atoms with Crippen LogP contribution in [0.25, 0.3) is 5.57 Å². The topological polar surface area (TPSA) is 220 Å². The minimum absolute atomic E-state index is 0.0960. The van der Waals surface area contributed by atoms with Crippen LogP contribution in [0.15, 0.2) is 115 Å². The fraction of sp³-hybridized carbons (Fsp3) is 0.352. The monoisotopic (exact) mass is 983 g/mol. The molecule has 2 aromatic carbocycles. The van der Waals surface area contributed by atoms with Crippen molar-refractivity contribution in [1.29, 1.82) is 0 Å². The van der Waals surface area contributed by atoms with Crippen LogP contribution in [0.1, 0.15) is 101 Å². The second-order valence-corrected chi connectivity index (χ2v) is 18.1. The number of carbonyl (C=O) groups is 4. The SMILES string of the molecule is C=C(CN(C)/C=C(\C=C/C=O)CNc1cc(N2CCCCC2CCO)nc(/C(=C\N)CC)n1)C(=O)NCc1cccc(NC(=O)c2nn(Cc3ccc(F)cc3)c3c2CN(C)CC3C)c1.O=Cc1ccc[nH]1. The minimum Gasteiger partial charge on any atom is -0.404 e. The molecule has 2 unspecified atom stereocenters. The van der Waals surface area contributed by atoms with Crippen molar-refractivity contribution in [3.05, 3.63) is 161 Å². The van der Waals surface area contributed by atoms with E-state index in [4.69, 9.17) is 20.8 Å². The maximum absolute atomic E-state index is 13.8. The van der Waals surface area contributed by atoms with Crippen LogP contribution in [-0.4, -0.2) is 117 Å². The number of aliphatic hydroxyl groups is 1. The maximum Gasteiger partial charge on any atom is 0.276 e. The standard InChI is InChI=1S/C49H62FN11O4.C5H5NO/c1-6-38(25-51)47-55-43(24-44(56-47)60-20-8-7-14-41(60)19-22-63)52-27-37(12-10-21-62)30-58(4)29-34(3)48(64)53-26-36-11-9-13-40(23-36)54-49(65)45-42-32-59(5)28-33(2)46(42)61(57-45)31-35-15-17-39(50)18-16-35;7-4-5-2-1-3-6-5/h9-13,15-18,21,23-25,30,33,41,63H,3,6-8,14,19-20,22,26-29,31-32,51H2,1-2,4-5H3,(H,53,64)(H,54,65)(H,52,55,56);1-4,6H/b12-10-,37-30+,38-25-;. The average molecular weight is 983 g/mol. The molecule has 7 N–H and O–H groups in total. The number of H-pyrrole nitrogens is 1. The lowest BCUT2D eigenvalue weighted by atomic mass is 9.96. The Kier molecular flexibility index (Phi) is 19.7. The van der Waals surface area contributed by atoms with E-state index >= 15 is 0 Å². The summed E-state index contributed by atoms with van der Waals surface area (Å²) in [5, 5.41) is 23.9. The van der Waals surface area contributed by atoms with Crippen LogP contribution in [0.5, 0.6) is 0 Å². The molecular formula is C54H67FN12O5. The summed E-state index contributed by atoms with van der Waals surface area (Å²) in [6.07, 6.45) is 14.1. The van der Waals surface area contributed by atoms with Crippen LogP contribution < -0.4 is 26.6 Å². The smallest absolute Gasteiger partial charge is 0.276 e. The van der Waals surface area contributed by atoms with Gasteiger partial charge in [-0.15, -0.1) is 0 Å². The van der Waals surface area contributed by atoms with Gasteiger partial charge in [0, 0.05) is 118 Å². The third kappa shape index (κ3) is 14.9. The van der Waals surface area contributed by atoms with E-state index in [1.54, 1.807) is 42.6 Å². The Balaban J connectivity index is 0.00000111. The quantitative estimate of drug-likeness (QED) is 0.0254. The molecule has 380 valence electrons. The van der Waals surface area contributed by atoms with Crippen LogP contribution in [0.2, 0.25) is 0 Å². The number of fused-ring (bicyclic) bond motifs is 1. The van der Waals surface area contributed by atoms with Gasteiger partial charge in [-0.05, 0) is 98.3 Å². The van der Waals surface area contributed by atoms with Crippen molar-refractivity contribution in [2.75, 3.05) is 62.4 Å². The first kappa shape index (κ1) is 53.6. The molecule has 2 atom stereocenters. The number of nitrogens with two attached hydrogens (primary N) is 1. The van der Waals surface area contributed by atoms with E-state index in [2.05, 4.69) is 44.2 Å². The van der Waals surface area contributed by atoms with Gasteiger partial charge in [-0.2, -0.15) is 5.10 Å². The third-order valence-corrected chi connectivity index (χ3v) is 12.4. The van der Waals surface area contributed by atoms with Gasteiger partial charge in [0.25, 0.3) is 5.91 Å². The zero-order valence-corrected chi connectivity index (χ0v) is 41.6. The van der Waals surface area contributed by atoms with Crippen molar-refractivity contribution >= 4 is 47.3 Å². The number of hydrogen-bond acceptors (Lipinski definition) is 13. The molecule has 1 fully saturated rings. The Morgan fingerprint density at radius 1 is 1.07 bits per heavy atom. The minimum atomic E-state index is -0.337. The van der Waals surface area contributed by atoms with Gasteiger partial charge >= 0.3 is 0 Å². The number of likely N-dealkylation sites (N-methyl/N-ethyl adjacent to an activating group) is 2. The lowest BCUT2D eigenvalue weighted by molar-refractivity contribution is -0.117. The molecule has 5 aromatic rings. The number of aromatic amines is 1. The molecule has 2 aliphatic rings. The number of piperidine rings is 1. The molecule has 17 nitrogen and oxygen atoms in total. The van der Waals surface area contributed by atoms with E-state index in [9.17, 15) is 28.7 Å². The number of allylic oxidation sites excluding steroid dienone is 2. The van der Waals surface area contributed by atoms with E-state index in [0.717, 1.165) is 78.0 Å². The first-order valence-electron chi connectivity index (χ1n) is 24.2. The Labute approximate surface area is 420 Å². The highest BCUT2D eigenvalue weighted by molar-refractivity contribution is 6.04. The van der Waals surface area contributed by atoms with Crippen molar-refractivity contribution in [1.82, 2.24) is 39.8 Å². The molecule has 5 heterocycles. The van der Waals surface area contributed by atoms with E-state index in [-0.39, 0.29) is 49.3 Å². The van der Waals surface area contributed by atoms with Gasteiger partial charge in [0.2, 0.25) is 5.91 Å². The van der Waals surface area contributed by atoms with Gasteiger partial charge < -0.3 is 46.5 Å². The molecule has 72 heavy (non-hydrogen) atoms. The first-order valence-corrected chi connectivity index (χ1v) is 24.2. The molecule has 2 aliphatic heterocycles. The Hall–Kier alpha value is -7.70. The molecule has 0 saturated carbocycles. The van der Waals surface area contributed by atoms with Crippen LogP contribution in [0.4, 0.5) is 21.7 Å². The van der Waals surface area contributed by atoms with E-state index in [0.29, 0.717) is 73.1 Å². The third-order valence-electron chi connectivity index (χ3n) is 12.4. The number of amides is 2. The number of hydrogen-bond donors (Lipinski definition) is 6. The molecule has 0 aliphatic carbocycles. The second kappa shape index (κ2) is 26.5. The van der Waals surface area contributed by atoms with Crippen LogP contribution in [0, 0.1) is 5.82 Å². The van der Waals surface area contributed by atoms with Crippen LogP contribution in [-0.2, 0) is 29.2 Å². The number of aromatic nitrogens is 5. The number of aldehydes is 2. The summed E-state index contributed by atoms with van der Waals surface area (Å²) >= 11 is 0. The summed E-state index contributed by atoms with van der Waals surface area (Å²) < 4.78 is 15.5. The van der Waals surface area contributed by atoms with Crippen molar-refractivity contribution < 1.29 is 28.7 Å². The van der Waals surface area contributed by atoms with Gasteiger partial charge in [0.15, 0.2) is 17.8 Å². The fourth-order valence-corrected chi connectivity index (χ4v) is 8.97. The van der Waals surface area contributed by atoms with Gasteiger partial charge in [-0.25, -0.2) is 14.4 Å². The lowest BCUT2D eigenvalue weighted by Crippen LogP contribution is -2.40. The van der Waals surface area contributed by atoms with Crippen LogP contribution >= 0.6 is 0 Å². The summed E-state index contributed by atoms with van der Waals surface area (Å²) in [6.45, 7) is 11.6. The summed E-state index contributed by atoms with van der Waals surface area (Å²) in [7, 11) is 3.84. The lowest BCUT2D eigenvalue weighted by Gasteiger charge is -2.36. The zero-order chi connectivity index (χ0) is 51.6. The molecule has 0 bridgehead atoms. The second-order valence-electron chi connectivity index (χ2n) is 18.1. The van der Waals surface area contributed by atoms with E-state index in [1.807, 2.05) is 61.1 Å². The number of anilines is 3. The number of nitrogens with zero attached hydrogens (tertiary/aromatic N) is 7. The molecule has 0 radical (unpaired) electrons. The number of rotatable bonds is 21. The first-order chi connectivity index (χ1) is 34.8. The number of halogens is 1. The highest BCUT2D eigenvalue weighted by atomic mass is 19.1. The van der Waals surface area contributed by atoms with E-state index < -0.39 is 0 Å². The van der Waals surface area contributed by atoms with Gasteiger partial charge in [0.1, 0.15) is 23.7 Å². The zero-order valence-electron chi connectivity index (χ0n) is 41.6. The summed E-state index contributed by atoms with van der Waals surface area (Å²) in [5.74, 6) is 1.03. The number of benzene rings is 2. The summed E-state index contributed by atoms with van der Waals surface area (Å²) in [5.41, 5.74) is 12.9. The van der Waals surface area contributed by atoms with Crippen LogP contribution in [0.3, 0.4) is 0 Å². The Morgan fingerprint density at radius 2 is 1.88 bits per heavy atom. The largest absolute Gasteiger partial charge is 0.404 e. The molecule has 3 aromatic heterocycles. The highest BCUT2D eigenvalue weighted by Gasteiger charge is 2.31. The molecule has 1 saturated heterocycles. The molecule has 7 rings (SSSR count). The summed E-state index contributed by atoms with van der Waals surface area (Å²) in [6, 6.07) is 19.1. The predicted octanol–water partition coefficient (Wildman–Crippen LogP) is 6.80. The maximum atomic E-state index is 13.8. The number of aliphatic hydroxyl groups excluding tert-OH is 1. The van der Waals surface area contributed by atoms with Crippen molar-refractivity contribution in [3.8, 4) is 0 Å². The molecule has 2 amide bonds. The Bertz CT molecular complexity index is 2730.